The Labute approximate surface area is 275 Å². The highest BCUT2D eigenvalue weighted by molar-refractivity contribution is 6.45. The molecule has 1 fully saturated rings. The number of anilines is 1. The van der Waals surface area contributed by atoms with E-state index in [4.69, 9.17) is 4.98 Å². The number of nitrogens with one attached hydrogen (secondary N) is 1. The fourth-order valence-corrected chi connectivity index (χ4v) is 5.70. The van der Waals surface area contributed by atoms with Crippen molar-refractivity contribution < 1.29 is 9.59 Å². The second-order valence-corrected chi connectivity index (χ2v) is 12.7. The highest BCUT2D eigenvalue weighted by Crippen LogP contribution is 2.23. The molecular formula is C37H40N8O2. The summed E-state index contributed by atoms with van der Waals surface area (Å²) in [4.78, 5) is 44.1. The third-order valence-corrected chi connectivity index (χ3v) is 8.68. The zero-order valence-electron chi connectivity index (χ0n) is 27.4. The van der Waals surface area contributed by atoms with Crippen LogP contribution in [0.1, 0.15) is 58.7 Å². The lowest BCUT2D eigenvalue weighted by molar-refractivity contribution is -0.115. The molecule has 2 aromatic carbocycles. The molecule has 1 N–H and O–H groups in total. The molecule has 10 nitrogen and oxygen atoms in total. The summed E-state index contributed by atoms with van der Waals surface area (Å²) in [6.07, 6.45) is 6.12. The maximum absolute atomic E-state index is 13.1. The fourth-order valence-electron chi connectivity index (χ4n) is 5.70. The van der Waals surface area contributed by atoms with Gasteiger partial charge in [-0.2, -0.15) is 10.2 Å². The smallest absolute Gasteiger partial charge is 0.255 e. The van der Waals surface area contributed by atoms with Gasteiger partial charge < -0.3 is 10.2 Å². The number of hydrogen-bond donors (Lipinski definition) is 1. The van der Waals surface area contributed by atoms with E-state index < -0.39 is 0 Å². The molecule has 10 heteroatoms. The Balaban J connectivity index is 1.10. The summed E-state index contributed by atoms with van der Waals surface area (Å²) in [6, 6.07) is 17.6. The molecule has 0 aliphatic carbocycles. The molecule has 2 aliphatic rings. The topological polar surface area (TPSA) is 116 Å². The van der Waals surface area contributed by atoms with Crippen LogP contribution >= 0.6 is 0 Å². The minimum atomic E-state index is -0.144. The van der Waals surface area contributed by atoms with E-state index in [1.807, 2.05) is 75.4 Å². The van der Waals surface area contributed by atoms with Crippen molar-refractivity contribution >= 4 is 28.8 Å². The standard InChI is InChI=1S/C37H40N8O2/c1-24(2)36(46)34-20-33(42-43-34)30-17-29(21-38-22-30)32-11-12-39-35(41-32)19-28-18-31(10-5-25(28)3)40-37(47)27-8-6-26(7-9-27)23-45-15-13-44(4)14-16-45/h5-12,17-18,21-22,24H,13-16,19-20,23H2,1-4H3,(H,40,47). The summed E-state index contributed by atoms with van der Waals surface area (Å²) in [5.41, 5.74) is 8.23. The Morgan fingerprint density at radius 1 is 0.915 bits per heavy atom. The molecule has 4 heterocycles. The minimum Gasteiger partial charge on any atom is -0.322 e. The summed E-state index contributed by atoms with van der Waals surface area (Å²) in [5.74, 6) is 0.400. The quantitative estimate of drug-likeness (QED) is 0.256. The number of rotatable bonds is 10. The molecule has 6 rings (SSSR count). The van der Waals surface area contributed by atoms with Gasteiger partial charge in [-0.1, -0.05) is 32.0 Å². The van der Waals surface area contributed by atoms with Crippen LogP contribution in [0.15, 0.2) is 83.4 Å². The third-order valence-electron chi connectivity index (χ3n) is 8.68. The summed E-state index contributed by atoms with van der Waals surface area (Å²) in [5, 5.41) is 11.4. The van der Waals surface area contributed by atoms with Crippen molar-refractivity contribution in [3.05, 3.63) is 107 Å². The van der Waals surface area contributed by atoms with Crippen LogP contribution in [0.4, 0.5) is 5.69 Å². The summed E-state index contributed by atoms with van der Waals surface area (Å²) < 4.78 is 0. The Morgan fingerprint density at radius 3 is 2.45 bits per heavy atom. The molecule has 1 amide bonds. The average Bonchev–Trinajstić information content (AvgIpc) is 3.58. The van der Waals surface area contributed by atoms with E-state index in [1.165, 1.54) is 5.56 Å². The molecular weight excluding hydrogens is 588 g/mol. The average molecular weight is 629 g/mol. The van der Waals surface area contributed by atoms with Gasteiger partial charge in [-0.25, -0.2) is 9.97 Å². The molecule has 2 aromatic heterocycles. The Kier molecular flexibility index (Phi) is 9.70. The van der Waals surface area contributed by atoms with Crippen LogP contribution in [0, 0.1) is 12.8 Å². The first-order chi connectivity index (χ1) is 22.7. The second kappa shape index (κ2) is 14.2. The number of ketones is 1. The molecule has 0 saturated carbocycles. The molecule has 2 aliphatic heterocycles. The third kappa shape index (κ3) is 7.90. The Hall–Kier alpha value is -4.93. The van der Waals surface area contributed by atoms with Crippen molar-refractivity contribution in [1.29, 1.82) is 0 Å². The van der Waals surface area contributed by atoms with Gasteiger partial charge in [-0.05, 0) is 67.1 Å². The SMILES string of the molecule is Cc1ccc(NC(=O)c2ccc(CN3CCN(C)CC3)cc2)cc1Cc1nccc(-c2cncc(C3=NN=C(C(=O)C(C)C)C3)c2)n1. The zero-order valence-corrected chi connectivity index (χ0v) is 27.4. The lowest BCUT2D eigenvalue weighted by Crippen LogP contribution is -2.43. The number of carbonyl (C=O) groups is 2. The molecule has 240 valence electrons. The molecule has 47 heavy (non-hydrogen) atoms. The van der Waals surface area contributed by atoms with Crippen molar-refractivity contribution in [2.75, 3.05) is 38.5 Å². The first-order valence-electron chi connectivity index (χ1n) is 16.1. The maximum atomic E-state index is 13.1. The minimum absolute atomic E-state index is 0.0121. The van der Waals surface area contributed by atoms with Gasteiger partial charge in [0.05, 0.1) is 11.4 Å². The van der Waals surface area contributed by atoms with Crippen LogP contribution in [0.5, 0.6) is 0 Å². The molecule has 0 bridgehead atoms. The lowest BCUT2D eigenvalue weighted by atomic mass is 9.98. The normalized spacial score (nSPS) is 15.4. The van der Waals surface area contributed by atoms with Gasteiger partial charge >= 0.3 is 0 Å². The van der Waals surface area contributed by atoms with Gasteiger partial charge in [-0.3, -0.25) is 19.5 Å². The van der Waals surface area contributed by atoms with Crippen molar-refractivity contribution in [2.24, 2.45) is 16.1 Å². The fraction of sp³-hybridized carbons (Fsp3) is 0.324. The van der Waals surface area contributed by atoms with Crippen LogP contribution in [-0.4, -0.2) is 81.1 Å². The van der Waals surface area contributed by atoms with Gasteiger partial charge in [0.15, 0.2) is 5.78 Å². The number of amides is 1. The van der Waals surface area contributed by atoms with Gasteiger partial charge in [0, 0.05) is 92.5 Å². The highest BCUT2D eigenvalue weighted by Gasteiger charge is 2.23. The summed E-state index contributed by atoms with van der Waals surface area (Å²) in [6.45, 7) is 10.9. The number of aromatic nitrogens is 3. The predicted octanol–water partition coefficient (Wildman–Crippen LogP) is 5.21. The van der Waals surface area contributed by atoms with Crippen LogP contribution in [0.2, 0.25) is 0 Å². The van der Waals surface area contributed by atoms with Gasteiger partial charge in [0.25, 0.3) is 5.91 Å². The number of aryl methyl sites for hydroxylation is 1. The number of pyridine rings is 1. The molecule has 0 spiro atoms. The first-order valence-corrected chi connectivity index (χ1v) is 16.1. The van der Waals surface area contributed by atoms with E-state index >= 15 is 0 Å². The number of hydrogen-bond acceptors (Lipinski definition) is 9. The van der Waals surface area contributed by atoms with Crippen LogP contribution in [-0.2, 0) is 17.8 Å². The van der Waals surface area contributed by atoms with Crippen LogP contribution in [0.3, 0.4) is 0 Å². The monoisotopic (exact) mass is 628 g/mol. The van der Waals surface area contributed by atoms with Crippen LogP contribution < -0.4 is 5.32 Å². The Bertz CT molecular complexity index is 1840. The lowest BCUT2D eigenvalue weighted by Gasteiger charge is -2.32. The number of piperazine rings is 1. The van der Waals surface area contributed by atoms with Crippen molar-refractivity contribution in [3.63, 3.8) is 0 Å². The summed E-state index contributed by atoms with van der Waals surface area (Å²) >= 11 is 0. The molecule has 4 aromatic rings. The number of Topliss-reactive ketones (excluding diaryl/α,β-unsaturated/α-hetero) is 1. The van der Waals surface area contributed by atoms with E-state index in [0.717, 1.165) is 66.4 Å². The van der Waals surface area contributed by atoms with Gasteiger partial charge in [0.2, 0.25) is 0 Å². The van der Waals surface area contributed by atoms with E-state index in [9.17, 15) is 9.59 Å². The second-order valence-electron chi connectivity index (χ2n) is 12.7. The zero-order chi connectivity index (χ0) is 32.9. The van der Waals surface area contributed by atoms with Gasteiger partial charge in [-0.15, -0.1) is 0 Å². The summed E-state index contributed by atoms with van der Waals surface area (Å²) in [7, 11) is 2.16. The van der Waals surface area contributed by atoms with E-state index in [-0.39, 0.29) is 17.6 Å². The molecule has 0 unspecified atom stereocenters. The van der Waals surface area contributed by atoms with Gasteiger partial charge in [0.1, 0.15) is 11.5 Å². The van der Waals surface area contributed by atoms with Crippen LogP contribution in [0.25, 0.3) is 11.3 Å². The predicted molar refractivity (Wildman–Crippen MR) is 185 cm³/mol. The molecule has 1 saturated heterocycles. The van der Waals surface area contributed by atoms with E-state index in [2.05, 4.69) is 42.3 Å². The molecule has 0 radical (unpaired) electrons. The number of carbonyl (C=O) groups excluding carboxylic acids is 2. The number of nitrogens with zero attached hydrogens (tertiary/aromatic N) is 7. The molecule has 0 atom stereocenters. The highest BCUT2D eigenvalue weighted by atomic mass is 16.1. The van der Waals surface area contributed by atoms with E-state index in [0.29, 0.717) is 35.7 Å². The number of likely N-dealkylation sites (N-methyl/N-ethyl adjacent to an activating group) is 1. The largest absolute Gasteiger partial charge is 0.322 e. The maximum Gasteiger partial charge on any atom is 0.255 e. The van der Waals surface area contributed by atoms with Crippen molar-refractivity contribution in [1.82, 2.24) is 24.8 Å². The Morgan fingerprint density at radius 2 is 1.68 bits per heavy atom. The first kappa shape index (κ1) is 32.0. The van der Waals surface area contributed by atoms with Crippen molar-refractivity contribution in [3.8, 4) is 11.3 Å². The van der Waals surface area contributed by atoms with E-state index in [1.54, 1.807) is 18.6 Å². The number of benzene rings is 2. The van der Waals surface area contributed by atoms with Crippen molar-refractivity contribution in [2.45, 2.75) is 40.2 Å².